The first-order valence-electron chi connectivity index (χ1n) is 10.1. The highest BCUT2D eigenvalue weighted by molar-refractivity contribution is 7.99. The average molecular weight is 415 g/mol. The van der Waals surface area contributed by atoms with Crippen LogP contribution < -0.4 is 4.74 Å². The van der Waals surface area contributed by atoms with Crippen molar-refractivity contribution in [3.05, 3.63) is 29.8 Å². The minimum atomic E-state index is -2.47. The second-order valence-electron chi connectivity index (χ2n) is 7.31. The van der Waals surface area contributed by atoms with Gasteiger partial charge >= 0.3 is 8.80 Å². The largest absolute Gasteiger partial charge is 0.500 e. The molecule has 156 valence electrons. The maximum absolute atomic E-state index is 5.91. The molecule has 0 amide bonds. The van der Waals surface area contributed by atoms with E-state index in [-0.39, 0.29) is 5.60 Å². The van der Waals surface area contributed by atoms with Gasteiger partial charge in [-0.1, -0.05) is 12.1 Å². The van der Waals surface area contributed by atoms with Crippen molar-refractivity contribution >= 4 is 20.6 Å². The van der Waals surface area contributed by atoms with Gasteiger partial charge in [0, 0.05) is 25.9 Å². The van der Waals surface area contributed by atoms with Crippen LogP contribution in [0.2, 0.25) is 6.04 Å². The van der Waals surface area contributed by atoms with Crippen LogP contribution in [0.5, 0.6) is 5.75 Å². The van der Waals surface area contributed by atoms with Crippen molar-refractivity contribution in [3.8, 4) is 5.75 Å². The minimum absolute atomic E-state index is 0.152. The van der Waals surface area contributed by atoms with Crippen LogP contribution in [0.25, 0.3) is 0 Å². The van der Waals surface area contributed by atoms with Crippen LogP contribution in [0.15, 0.2) is 24.3 Å². The molecular weight excluding hydrogens is 376 g/mol. The molecule has 0 N–H and O–H groups in total. The summed E-state index contributed by atoms with van der Waals surface area (Å²) in [7, 11) is -2.47. The molecular formula is C21H38O4SSi. The van der Waals surface area contributed by atoms with Crippen LogP contribution in [-0.2, 0) is 19.7 Å². The van der Waals surface area contributed by atoms with Crippen molar-refractivity contribution in [3.63, 3.8) is 0 Å². The zero-order valence-corrected chi connectivity index (χ0v) is 19.8. The van der Waals surface area contributed by atoms with Crippen LogP contribution >= 0.6 is 11.8 Å². The highest BCUT2D eigenvalue weighted by atomic mass is 32.2. The summed E-state index contributed by atoms with van der Waals surface area (Å²) in [5.74, 6) is 3.15. The molecule has 0 bridgehead atoms. The van der Waals surface area contributed by atoms with Gasteiger partial charge in [-0.25, -0.2) is 0 Å². The molecule has 0 saturated heterocycles. The highest BCUT2D eigenvalue weighted by Gasteiger charge is 2.39. The first-order valence-corrected chi connectivity index (χ1v) is 13.2. The molecule has 1 aromatic rings. The Morgan fingerprint density at radius 3 is 1.89 bits per heavy atom. The van der Waals surface area contributed by atoms with E-state index in [2.05, 4.69) is 45.0 Å². The Hall–Kier alpha value is -0.533. The highest BCUT2D eigenvalue weighted by Crippen LogP contribution is 2.21. The van der Waals surface area contributed by atoms with Gasteiger partial charge in [-0.15, -0.1) is 0 Å². The van der Waals surface area contributed by atoms with Crippen molar-refractivity contribution in [2.45, 2.75) is 66.0 Å². The van der Waals surface area contributed by atoms with E-state index in [0.29, 0.717) is 19.8 Å². The lowest BCUT2D eigenvalue weighted by molar-refractivity contribution is 0.0712. The second-order valence-corrected chi connectivity index (χ2v) is 11.3. The van der Waals surface area contributed by atoms with Gasteiger partial charge in [-0.2, -0.15) is 11.8 Å². The van der Waals surface area contributed by atoms with Crippen molar-refractivity contribution in [2.75, 3.05) is 31.3 Å². The molecule has 6 heteroatoms. The van der Waals surface area contributed by atoms with Crippen molar-refractivity contribution in [1.29, 1.82) is 0 Å². The molecule has 1 aromatic carbocycles. The predicted octanol–water partition coefficient (Wildman–Crippen LogP) is 5.58. The molecule has 0 aliphatic rings. The molecule has 0 aliphatic carbocycles. The quantitative estimate of drug-likeness (QED) is 0.293. The lowest BCUT2D eigenvalue weighted by atomic mass is 10.1. The molecule has 0 fully saturated rings. The third-order valence-corrected chi connectivity index (χ3v) is 7.97. The van der Waals surface area contributed by atoms with E-state index in [1.54, 1.807) is 0 Å². The smallest absolute Gasteiger partial charge is 0.488 e. The van der Waals surface area contributed by atoms with Crippen molar-refractivity contribution in [1.82, 2.24) is 0 Å². The molecule has 27 heavy (non-hydrogen) atoms. The molecule has 0 spiro atoms. The maximum atomic E-state index is 5.91. The summed E-state index contributed by atoms with van der Waals surface area (Å²) >= 11 is 1.98. The Labute approximate surface area is 171 Å². The van der Waals surface area contributed by atoms with Gasteiger partial charge in [0.15, 0.2) is 0 Å². The lowest BCUT2D eigenvalue weighted by Gasteiger charge is -2.28. The van der Waals surface area contributed by atoms with Gasteiger partial charge < -0.3 is 18.0 Å². The molecule has 0 radical (unpaired) electrons. The number of benzene rings is 1. The summed E-state index contributed by atoms with van der Waals surface area (Å²) in [5, 5.41) is 0. The first kappa shape index (κ1) is 24.5. The fourth-order valence-electron chi connectivity index (χ4n) is 2.76. The topological polar surface area (TPSA) is 36.9 Å². The van der Waals surface area contributed by atoms with E-state index in [4.69, 9.17) is 18.0 Å². The van der Waals surface area contributed by atoms with E-state index in [9.17, 15) is 0 Å². The van der Waals surface area contributed by atoms with Gasteiger partial charge in [0.25, 0.3) is 0 Å². The van der Waals surface area contributed by atoms with Gasteiger partial charge in [0.1, 0.15) is 11.4 Å². The zero-order chi connectivity index (χ0) is 20.2. The Bertz CT molecular complexity index is 485. The van der Waals surface area contributed by atoms with Gasteiger partial charge in [-0.05, 0) is 83.6 Å². The molecule has 0 aliphatic heterocycles. The van der Waals surface area contributed by atoms with Gasteiger partial charge in [0.05, 0.1) is 0 Å². The number of ether oxygens (including phenoxy) is 1. The van der Waals surface area contributed by atoms with Crippen LogP contribution in [0.1, 0.15) is 53.5 Å². The number of thioether (sulfide) groups is 1. The Balaban J connectivity index is 2.31. The van der Waals surface area contributed by atoms with Crippen LogP contribution in [-0.4, -0.2) is 45.7 Å². The molecule has 4 nitrogen and oxygen atoms in total. The second kappa shape index (κ2) is 12.8. The summed E-state index contributed by atoms with van der Waals surface area (Å²) < 4.78 is 23.6. The number of aryl methyl sites for hydroxylation is 1. The minimum Gasteiger partial charge on any atom is -0.488 e. The summed E-state index contributed by atoms with van der Waals surface area (Å²) in [6.45, 7) is 14.2. The Morgan fingerprint density at radius 1 is 0.852 bits per heavy atom. The number of hydrogen-bond acceptors (Lipinski definition) is 5. The maximum Gasteiger partial charge on any atom is 0.500 e. The monoisotopic (exact) mass is 414 g/mol. The van der Waals surface area contributed by atoms with Crippen molar-refractivity contribution < 1.29 is 18.0 Å². The van der Waals surface area contributed by atoms with Crippen molar-refractivity contribution in [2.24, 2.45) is 0 Å². The summed E-state index contributed by atoms with van der Waals surface area (Å²) in [6, 6.07) is 9.36. The number of hydrogen-bond donors (Lipinski definition) is 0. The van der Waals surface area contributed by atoms with E-state index >= 15 is 0 Å². The van der Waals surface area contributed by atoms with Gasteiger partial charge in [-0.3, -0.25) is 0 Å². The van der Waals surface area contributed by atoms with Crippen LogP contribution in [0, 0.1) is 0 Å². The van der Waals surface area contributed by atoms with Crippen LogP contribution in [0.4, 0.5) is 0 Å². The molecule has 0 atom stereocenters. The fraction of sp³-hybridized carbons (Fsp3) is 0.714. The molecule has 0 saturated carbocycles. The van der Waals surface area contributed by atoms with E-state index < -0.39 is 8.80 Å². The summed E-state index contributed by atoms with van der Waals surface area (Å²) in [4.78, 5) is 0. The Kier molecular flexibility index (Phi) is 11.6. The predicted molar refractivity (Wildman–Crippen MR) is 118 cm³/mol. The lowest BCUT2D eigenvalue weighted by Crippen LogP contribution is -2.46. The van der Waals surface area contributed by atoms with E-state index in [0.717, 1.165) is 36.1 Å². The fourth-order valence-corrected chi connectivity index (χ4v) is 6.56. The molecule has 0 aromatic heterocycles. The standard InChI is InChI=1S/C21H38O4SSi/c1-7-22-27(23-8-2,24-9-3)18-10-16-26-17-15-19-11-13-20(14-12-19)25-21(4,5)6/h11-14H,7-10,15-18H2,1-6H3. The van der Waals surface area contributed by atoms with E-state index in [1.807, 2.05) is 32.5 Å². The SMILES string of the molecule is CCO[Si](CCCSCCc1ccc(OC(C)(C)C)cc1)(OCC)OCC. The third-order valence-electron chi connectivity index (χ3n) is 3.75. The summed E-state index contributed by atoms with van der Waals surface area (Å²) in [5.41, 5.74) is 1.20. The van der Waals surface area contributed by atoms with E-state index in [1.165, 1.54) is 5.56 Å². The summed E-state index contributed by atoms with van der Waals surface area (Å²) in [6.07, 6.45) is 2.14. The average Bonchev–Trinajstić information content (AvgIpc) is 2.59. The third kappa shape index (κ3) is 10.5. The first-order chi connectivity index (χ1) is 12.8. The zero-order valence-electron chi connectivity index (χ0n) is 18.0. The molecule has 1 rings (SSSR count). The normalized spacial score (nSPS) is 12.4. The molecule has 0 heterocycles. The van der Waals surface area contributed by atoms with Gasteiger partial charge in [0.2, 0.25) is 0 Å². The van der Waals surface area contributed by atoms with Crippen LogP contribution in [0.3, 0.4) is 0 Å². The Morgan fingerprint density at radius 2 is 1.41 bits per heavy atom. The molecule has 0 unspecified atom stereocenters. The number of rotatable bonds is 14.